The molecular weight excluding hydrogens is 416 g/mol. The van der Waals surface area contributed by atoms with Crippen LogP contribution in [0.5, 0.6) is 11.5 Å². The highest BCUT2D eigenvalue weighted by Crippen LogP contribution is 2.42. The summed E-state index contributed by atoms with van der Waals surface area (Å²) < 4.78 is 10.6. The van der Waals surface area contributed by atoms with Gasteiger partial charge in [-0.3, -0.25) is 14.6 Å². The second-order valence-corrected chi connectivity index (χ2v) is 7.89. The molecule has 1 aromatic carbocycles. The van der Waals surface area contributed by atoms with Gasteiger partial charge in [0.25, 0.3) is 11.7 Å². The maximum Gasteiger partial charge on any atom is 0.295 e. The van der Waals surface area contributed by atoms with Crippen LogP contribution in [-0.4, -0.2) is 40.9 Å². The lowest BCUT2D eigenvalue weighted by molar-refractivity contribution is -0.140. The van der Waals surface area contributed by atoms with Gasteiger partial charge in [0.1, 0.15) is 17.3 Å². The Labute approximate surface area is 183 Å². The molecule has 1 saturated heterocycles. The van der Waals surface area contributed by atoms with Crippen LogP contribution in [-0.2, 0) is 16.1 Å². The van der Waals surface area contributed by atoms with E-state index in [0.717, 1.165) is 4.88 Å². The van der Waals surface area contributed by atoms with Crippen LogP contribution in [0.1, 0.15) is 22.0 Å². The van der Waals surface area contributed by atoms with E-state index in [0.29, 0.717) is 17.1 Å². The number of aliphatic hydroxyl groups excluding tert-OH is 1. The number of nitrogens with zero attached hydrogens (tertiary/aromatic N) is 2. The number of aliphatic hydroxyl groups is 1. The van der Waals surface area contributed by atoms with Crippen LogP contribution in [0.15, 0.2) is 65.8 Å². The van der Waals surface area contributed by atoms with Crippen LogP contribution < -0.4 is 9.47 Å². The van der Waals surface area contributed by atoms with E-state index >= 15 is 0 Å². The molecule has 1 aliphatic rings. The third kappa shape index (κ3) is 3.77. The van der Waals surface area contributed by atoms with E-state index in [-0.39, 0.29) is 23.4 Å². The molecule has 31 heavy (non-hydrogen) atoms. The average Bonchev–Trinajstić information content (AvgIpc) is 3.41. The fraction of sp³-hybridized carbons (Fsp3) is 0.174. The lowest BCUT2D eigenvalue weighted by Gasteiger charge is -2.24. The summed E-state index contributed by atoms with van der Waals surface area (Å²) >= 11 is 1.49. The number of ketones is 1. The van der Waals surface area contributed by atoms with E-state index in [1.54, 1.807) is 42.7 Å². The third-order valence-electron chi connectivity index (χ3n) is 5.11. The Kier molecular flexibility index (Phi) is 5.73. The van der Waals surface area contributed by atoms with Crippen molar-refractivity contribution in [2.24, 2.45) is 0 Å². The van der Waals surface area contributed by atoms with E-state index in [4.69, 9.17) is 9.47 Å². The SMILES string of the molecule is COc1ccc(OC)c(/C(O)=C2\C(=O)C(=O)N(Cc3cccs3)C2c2cccnc2)c1. The number of amides is 1. The van der Waals surface area contributed by atoms with E-state index in [1.807, 2.05) is 17.5 Å². The Balaban J connectivity index is 1.90. The lowest BCUT2D eigenvalue weighted by Crippen LogP contribution is -2.28. The van der Waals surface area contributed by atoms with E-state index in [1.165, 1.54) is 30.5 Å². The summed E-state index contributed by atoms with van der Waals surface area (Å²) in [7, 11) is 2.97. The second-order valence-electron chi connectivity index (χ2n) is 6.86. The van der Waals surface area contributed by atoms with Gasteiger partial charge in [-0.1, -0.05) is 12.1 Å². The number of methoxy groups -OCH3 is 2. The average molecular weight is 436 g/mol. The second kappa shape index (κ2) is 8.61. The summed E-state index contributed by atoms with van der Waals surface area (Å²) in [5.41, 5.74) is 0.882. The minimum Gasteiger partial charge on any atom is -0.507 e. The van der Waals surface area contributed by atoms with Crippen molar-refractivity contribution in [3.8, 4) is 11.5 Å². The first-order chi connectivity index (χ1) is 15.0. The first-order valence-corrected chi connectivity index (χ1v) is 10.4. The fourth-order valence-corrected chi connectivity index (χ4v) is 4.34. The highest BCUT2D eigenvalue weighted by molar-refractivity contribution is 7.09. The van der Waals surface area contributed by atoms with E-state index in [2.05, 4.69) is 4.98 Å². The predicted octanol–water partition coefficient (Wildman–Crippen LogP) is 3.78. The van der Waals surface area contributed by atoms with Gasteiger partial charge in [0.2, 0.25) is 0 Å². The molecule has 1 aliphatic heterocycles. The first kappa shape index (κ1) is 20.6. The molecule has 0 bridgehead atoms. The van der Waals surface area contributed by atoms with Crippen LogP contribution >= 0.6 is 11.3 Å². The first-order valence-electron chi connectivity index (χ1n) is 9.48. The van der Waals surface area contributed by atoms with Crippen molar-refractivity contribution in [2.45, 2.75) is 12.6 Å². The molecule has 0 saturated carbocycles. The maximum atomic E-state index is 13.1. The molecule has 1 atom stereocenters. The van der Waals surface area contributed by atoms with Crippen molar-refractivity contribution in [1.82, 2.24) is 9.88 Å². The largest absolute Gasteiger partial charge is 0.507 e. The zero-order valence-corrected chi connectivity index (χ0v) is 17.8. The Hall–Kier alpha value is -3.65. The summed E-state index contributed by atoms with van der Waals surface area (Å²) in [4.78, 5) is 32.6. The zero-order chi connectivity index (χ0) is 22.0. The van der Waals surface area contributed by atoms with Crippen molar-refractivity contribution < 1.29 is 24.2 Å². The van der Waals surface area contributed by atoms with Gasteiger partial charge in [-0.2, -0.15) is 0 Å². The molecule has 0 spiro atoms. The predicted molar refractivity (Wildman–Crippen MR) is 116 cm³/mol. The van der Waals surface area contributed by atoms with Gasteiger partial charge in [-0.15, -0.1) is 11.3 Å². The maximum absolute atomic E-state index is 13.1. The highest BCUT2D eigenvalue weighted by atomic mass is 32.1. The number of likely N-dealkylation sites (tertiary alicyclic amines) is 1. The molecule has 7 nitrogen and oxygen atoms in total. The van der Waals surface area contributed by atoms with Crippen molar-refractivity contribution in [1.29, 1.82) is 0 Å². The van der Waals surface area contributed by atoms with Crippen LogP contribution in [0.25, 0.3) is 5.76 Å². The number of carbonyl (C=O) groups excluding carboxylic acids is 2. The normalized spacial score (nSPS) is 17.7. The quantitative estimate of drug-likeness (QED) is 0.359. The number of benzene rings is 1. The van der Waals surface area contributed by atoms with Gasteiger partial charge in [0, 0.05) is 17.3 Å². The van der Waals surface area contributed by atoms with Gasteiger partial charge >= 0.3 is 0 Å². The van der Waals surface area contributed by atoms with Gasteiger partial charge in [0.05, 0.1) is 37.9 Å². The molecule has 1 fully saturated rings. The molecule has 4 rings (SSSR count). The zero-order valence-electron chi connectivity index (χ0n) is 16.9. The molecule has 1 amide bonds. The third-order valence-corrected chi connectivity index (χ3v) is 5.97. The number of carbonyl (C=O) groups is 2. The van der Waals surface area contributed by atoms with Gasteiger partial charge in [0.15, 0.2) is 0 Å². The summed E-state index contributed by atoms with van der Waals surface area (Å²) in [5.74, 6) is -0.920. The van der Waals surface area contributed by atoms with Crippen LogP contribution in [0.2, 0.25) is 0 Å². The number of thiophene rings is 1. The number of pyridine rings is 1. The summed E-state index contributed by atoms with van der Waals surface area (Å²) in [6.45, 7) is 0.244. The molecule has 1 N–H and O–H groups in total. The lowest BCUT2D eigenvalue weighted by atomic mass is 9.96. The summed E-state index contributed by atoms with van der Waals surface area (Å²) in [6, 6.07) is 11.4. The number of hydrogen-bond acceptors (Lipinski definition) is 7. The van der Waals surface area contributed by atoms with Crippen LogP contribution in [0.3, 0.4) is 0 Å². The molecular formula is C23H20N2O5S. The number of aromatic nitrogens is 1. The van der Waals surface area contributed by atoms with E-state index in [9.17, 15) is 14.7 Å². The molecule has 2 aromatic heterocycles. The molecule has 158 valence electrons. The Morgan fingerprint density at radius 3 is 2.65 bits per heavy atom. The highest BCUT2D eigenvalue weighted by Gasteiger charge is 2.46. The standard InChI is InChI=1S/C23H20N2O5S/c1-29-15-7-8-18(30-2)17(11-15)21(26)19-20(14-5-3-9-24-12-14)25(23(28)22(19)27)13-16-6-4-10-31-16/h3-12,20,26H,13H2,1-2H3/b21-19+. The number of hydrogen-bond donors (Lipinski definition) is 1. The van der Waals surface area contributed by atoms with Crippen molar-refractivity contribution in [2.75, 3.05) is 14.2 Å². The monoisotopic (exact) mass is 436 g/mol. The molecule has 0 radical (unpaired) electrons. The summed E-state index contributed by atoms with van der Waals surface area (Å²) in [5, 5.41) is 13.2. The smallest absolute Gasteiger partial charge is 0.295 e. The van der Waals surface area contributed by atoms with Gasteiger partial charge < -0.3 is 19.5 Å². The Morgan fingerprint density at radius 2 is 2.00 bits per heavy atom. The molecule has 3 aromatic rings. The van der Waals surface area contributed by atoms with Gasteiger partial charge in [-0.25, -0.2) is 0 Å². The van der Waals surface area contributed by atoms with Crippen LogP contribution in [0, 0.1) is 0 Å². The molecule has 8 heteroatoms. The van der Waals surface area contributed by atoms with Gasteiger partial charge in [-0.05, 0) is 41.3 Å². The van der Waals surface area contributed by atoms with Crippen LogP contribution in [0.4, 0.5) is 0 Å². The molecule has 3 heterocycles. The Bertz CT molecular complexity index is 1140. The summed E-state index contributed by atoms with van der Waals surface area (Å²) in [6.07, 6.45) is 3.20. The fourth-order valence-electron chi connectivity index (χ4n) is 3.64. The van der Waals surface area contributed by atoms with Crippen molar-refractivity contribution in [3.63, 3.8) is 0 Å². The number of Topliss-reactive ketones (excluding diaryl/α,β-unsaturated/α-hetero) is 1. The van der Waals surface area contributed by atoms with E-state index < -0.39 is 17.7 Å². The minimum atomic E-state index is -0.785. The topological polar surface area (TPSA) is 89.0 Å². The number of rotatable bonds is 6. The Morgan fingerprint density at radius 1 is 1.16 bits per heavy atom. The molecule has 0 aliphatic carbocycles. The van der Waals surface area contributed by atoms with Crippen molar-refractivity contribution >= 4 is 28.8 Å². The molecule has 1 unspecified atom stereocenters. The number of ether oxygens (including phenoxy) is 2. The minimum absolute atomic E-state index is 0.0129. The van der Waals surface area contributed by atoms with Crippen molar-refractivity contribution in [3.05, 3.63) is 81.8 Å².